The number of ether oxygens (including phenoxy) is 1. The van der Waals surface area contributed by atoms with Gasteiger partial charge in [-0.2, -0.15) is 39.5 Å². The molecule has 0 spiro atoms. The molecule has 0 bridgehead atoms. The van der Waals surface area contributed by atoms with Gasteiger partial charge in [0.2, 0.25) is 0 Å². The van der Waals surface area contributed by atoms with E-state index in [9.17, 15) is 48.7 Å². The minimum atomic E-state index is -6.79. The van der Waals surface area contributed by atoms with Gasteiger partial charge in [0, 0.05) is 5.57 Å². The van der Waals surface area contributed by atoms with E-state index in [0.717, 1.165) is 6.92 Å². The maximum absolute atomic E-state index is 13.0. The lowest BCUT2D eigenvalue weighted by Gasteiger charge is -2.34. The first-order chi connectivity index (χ1) is 9.48. The van der Waals surface area contributed by atoms with Crippen molar-refractivity contribution >= 4 is 5.97 Å². The largest absolute Gasteiger partial charge is 0.456 e. The summed E-state index contributed by atoms with van der Waals surface area (Å²) in [6.45, 7) is 1.07. The molecule has 2 nitrogen and oxygen atoms in total. The SMILES string of the molecule is C=C(C)C(=O)OCC(F)(F)C(F)(F)C(F)(F)C(F)C(F)(F)F. The minimum absolute atomic E-state index is 0.565. The summed E-state index contributed by atoms with van der Waals surface area (Å²) in [5.41, 5.74) is -0.565. The molecule has 0 aromatic carbocycles. The maximum Gasteiger partial charge on any atom is 0.425 e. The Kier molecular flexibility index (Phi) is 5.55. The highest BCUT2D eigenvalue weighted by molar-refractivity contribution is 5.86. The summed E-state index contributed by atoms with van der Waals surface area (Å²) < 4.78 is 129. The van der Waals surface area contributed by atoms with Gasteiger partial charge in [-0.1, -0.05) is 6.58 Å². The van der Waals surface area contributed by atoms with Crippen molar-refractivity contribution in [1.29, 1.82) is 0 Å². The van der Waals surface area contributed by atoms with Crippen LogP contribution in [0.2, 0.25) is 0 Å². The highest BCUT2D eigenvalue weighted by Crippen LogP contribution is 2.51. The molecule has 0 fully saturated rings. The molecule has 0 amide bonds. The molecule has 0 saturated carbocycles. The van der Waals surface area contributed by atoms with Gasteiger partial charge in [-0.3, -0.25) is 0 Å². The van der Waals surface area contributed by atoms with E-state index in [1.54, 1.807) is 0 Å². The van der Waals surface area contributed by atoms with Gasteiger partial charge in [-0.15, -0.1) is 0 Å². The quantitative estimate of drug-likeness (QED) is 0.412. The van der Waals surface area contributed by atoms with Gasteiger partial charge < -0.3 is 4.74 Å². The lowest BCUT2D eigenvalue weighted by Crippen LogP contribution is -2.62. The zero-order chi connectivity index (χ0) is 18.1. The van der Waals surface area contributed by atoms with Gasteiger partial charge in [0.1, 0.15) is 0 Å². The van der Waals surface area contributed by atoms with Crippen molar-refractivity contribution in [1.82, 2.24) is 0 Å². The molecule has 0 aliphatic carbocycles. The van der Waals surface area contributed by atoms with E-state index in [1.807, 2.05) is 0 Å². The smallest absolute Gasteiger partial charge is 0.425 e. The first-order valence-electron chi connectivity index (χ1n) is 5.15. The molecule has 0 aliphatic heterocycles. The van der Waals surface area contributed by atoms with E-state index < -0.39 is 48.3 Å². The van der Waals surface area contributed by atoms with E-state index in [4.69, 9.17) is 0 Å². The Morgan fingerprint density at radius 1 is 1.05 bits per heavy atom. The second-order valence-electron chi connectivity index (χ2n) is 4.16. The molecule has 12 heteroatoms. The summed E-state index contributed by atoms with van der Waals surface area (Å²) in [5, 5.41) is 0. The molecule has 0 rings (SSSR count). The van der Waals surface area contributed by atoms with Crippen LogP contribution in [0.1, 0.15) is 6.92 Å². The molecular weight excluding hydrogens is 342 g/mol. The van der Waals surface area contributed by atoms with Gasteiger partial charge >= 0.3 is 29.9 Å². The zero-order valence-electron chi connectivity index (χ0n) is 10.6. The van der Waals surface area contributed by atoms with Crippen LogP contribution in [0.3, 0.4) is 0 Å². The van der Waals surface area contributed by atoms with Crippen molar-refractivity contribution in [3.8, 4) is 0 Å². The third-order valence-corrected chi connectivity index (χ3v) is 2.22. The monoisotopic (exact) mass is 350 g/mol. The second kappa shape index (κ2) is 5.95. The van der Waals surface area contributed by atoms with Crippen LogP contribution in [0.25, 0.3) is 0 Å². The van der Waals surface area contributed by atoms with Crippen molar-refractivity contribution < 1.29 is 53.4 Å². The highest BCUT2D eigenvalue weighted by Gasteiger charge is 2.78. The molecule has 0 radical (unpaired) electrons. The Labute approximate surface area is 116 Å². The molecule has 1 atom stereocenters. The summed E-state index contributed by atoms with van der Waals surface area (Å²) in [5.74, 6) is -21.2. The lowest BCUT2D eigenvalue weighted by atomic mass is 10.0. The van der Waals surface area contributed by atoms with Crippen LogP contribution in [0.15, 0.2) is 12.2 Å². The Morgan fingerprint density at radius 2 is 1.45 bits per heavy atom. The molecule has 0 saturated heterocycles. The van der Waals surface area contributed by atoms with E-state index >= 15 is 0 Å². The average molecular weight is 350 g/mol. The van der Waals surface area contributed by atoms with E-state index in [-0.39, 0.29) is 0 Å². The van der Waals surface area contributed by atoms with Crippen molar-refractivity contribution in [2.75, 3.05) is 6.61 Å². The number of hydrogen-bond acceptors (Lipinski definition) is 2. The summed E-state index contributed by atoms with van der Waals surface area (Å²) in [4.78, 5) is 10.7. The first kappa shape index (κ1) is 20.5. The average Bonchev–Trinajstić information content (AvgIpc) is 2.33. The predicted octanol–water partition coefficient (Wildman–Crippen LogP) is 3.91. The number of carbonyl (C=O) groups is 1. The summed E-state index contributed by atoms with van der Waals surface area (Å²) in [6, 6.07) is 0. The molecule has 0 heterocycles. The standard InChI is InChI=1S/C10H8F10O2/c1-4(2)5(21)22-3-7(12,13)10(19,20)8(14,15)6(11)9(16,17)18/h6H,1,3H2,2H3. The number of halogens is 10. The van der Waals surface area contributed by atoms with Gasteiger partial charge in [-0.25, -0.2) is 9.18 Å². The number of alkyl halides is 10. The van der Waals surface area contributed by atoms with Crippen LogP contribution in [-0.4, -0.2) is 42.7 Å². The normalized spacial score (nSPS) is 15.4. The number of hydrogen-bond donors (Lipinski definition) is 0. The predicted molar refractivity (Wildman–Crippen MR) is 51.6 cm³/mol. The Balaban J connectivity index is 5.41. The van der Waals surface area contributed by atoms with E-state index in [0.29, 0.717) is 0 Å². The van der Waals surface area contributed by atoms with Crippen LogP contribution >= 0.6 is 0 Å². The lowest BCUT2D eigenvalue weighted by molar-refractivity contribution is -0.360. The Hall–Kier alpha value is -1.49. The van der Waals surface area contributed by atoms with Gasteiger partial charge in [0.05, 0.1) is 0 Å². The summed E-state index contributed by atoms with van der Waals surface area (Å²) >= 11 is 0. The Morgan fingerprint density at radius 3 is 1.77 bits per heavy atom. The minimum Gasteiger partial charge on any atom is -0.456 e. The topological polar surface area (TPSA) is 26.3 Å². The van der Waals surface area contributed by atoms with Crippen molar-refractivity contribution in [3.05, 3.63) is 12.2 Å². The fraction of sp³-hybridized carbons (Fsp3) is 0.700. The number of rotatable bonds is 6. The fourth-order valence-corrected chi connectivity index (χ4v) is 0.979. The van der Waals surface area contributed by atoms with Crippen LogP contribution in [0.4, 0.5) is 43.9 Å². The van der Waals surface area contributed by atoms with E-state index in [2.05, 4.69) is 11.3 Å². The number of carbonyl (C=O) groups excluding carboxylic acids is 1. The van der Waals surface area contributed by atoms with Crippen LogP contribution < -0.4 is 0 Å². The summed E-state index contributed by atoms with van der Waals surface area (Å²) in [7, 11) is 0. The molecule has 0 aromatic rings. The fourth-order valence-electron chi connectivity index (χ4n) is 0.979. The van der Waals surface area contributed by atoms with Gasteiger partial charge in [0.25, 0.3) is 6.17 Å². The summed E-state index contributed by atoms with van der Waals surface area (Å²) in [6.07, 6.45) is -12.0. The third-order valence-electron chi connectivity index (χ3n) is 2.22. The highest BCUT2D eigenvalue weighted by atomic mass is 19.4. The van der Waals surface area contributed by atoms with Gasteiger partial charge in [0.15, 0.2) is 6.61 Å². The van der Waals surface area contributed by atoms with Crippen LogP contribution in [0, 0.1) is 0 Å². The number of esters is 1. The third kappa shape index (κ3) is 3.83. The molecule has 0 aliphatic rings. The first-order valence-corrected chi connectivity index (χ1v) is 5.15. The molecular formula is C10H8F10O2. The maximum atomic E-state index is 13.0. The van der Waals surface area contributed by atoms with Crippen molar-refractivity contribution in [2.45, 2.75) is 37.0 Å². The zero-order valence-corrected chi connectivity index (χ0v) is 10.6. The molecule has 22 heavy (non-hydrogen) atoms. The molecule has 1 unspecified atom stereocenters. The second-order valence-corrected chi connectivity index (χ2v) is 4.16. The molecule has 0 N–H and O–H groups in total. The Bertz CT molecular complexity index is 439. The van der Waals surface area contributed by atoms with Crippen molar-refractivity contribution in [2.24, 2.45) is 0 Å². The molecule has 130 valence electrons. The van der Waals surface area contributed by atoms with Crippen LogP contribution in [-0.2, 0) is 9.53 Å². The van der Waals surface area contributed by atoms with Gasteiger partial charge in [-0.05, 0) is 6.92 Å². The van der Waals surface area contributed by atoms with Crippen molar-refractivity contribution in [3.63, 3.8) is 0 Å². The van der Waals surface area contributed by atoms with E-state index in [1.165, 1.54) is 0 Å². The van der Waals surface area contributed by atoms with Crippen LogP contribution in [0.5, 0.6) is 0 Å². The molecule has 0 aromatic heterocycles.